The third-order valence-corrected chi connectivity index (χ3v) is 3.65. The summed E-state index contributed by atoms with van der Waals surface area (Å²) in [6.45, 7) is 6.59. The molecule has 1 aliphatic carbocycles. The Morgan fingerprint density at radius 1 is 1.20 bits per heavy atom. The van der Waals surface area contributed by atoms with Gasteiger partial charge in [-0.1, -0.05) is 30.3 Å². The summed E-state index contributed by atoms with van der Waals surface area (Å²) in [5.41, 5.74) is 0.880. The molecule has 2 atom stereocenters. The van der Waals surface area contributed by atoms with Crippen LogP contribution in [-0.4, -0.2) is 43.8 Å². The number of carbonyl (C=O) groups excluding carboxylic acids is 1. The molecule has 0 bridgehead atoms. The van der Waals surface area contributed by atoms with E-state index in [9.17, 15) is 4.79 Å². The Labute approximate surface area is 167 Å². The number of aliphatic imine (C=N–C) groups is 1. The van der Waals surface area contributed by atoms with Gasteiger partial charge < -0.3 is 20.7 Å². The molecule has 1 aromatic carbocycles. The number of benzene rings is 1. The fourth-order valence-electron chi connectivity index (χ4n) is 2.45. The normalized spacial score (nSPS) is 19.4. The average Bonchev–Trinajstić information content (AvgIpc) is 3.28. The minimum absolute atomic E-state index is 0. The fraction of sp³-hybridized carbons (Fsp3) is 0.556. The summed E-state index contributed by atoms with van der Waals surface area (Å²) in [5, 5.41) is 9.33. The number of hydrogen-bond acceptors (Lipinski definition) is 3. The highest BCUT2D eigenvalue weighted by molar-refractivity contribution is 14.0. The molecule has 1 fully saturated rings. The molecule has 0 aromatic heterocycles. The van der Waals surface area contributed by atoms with Crippen molar-refractivity contribution in [1.82, 2.24) is 16.0 Å². The van der Waals surface area contributed by atoms with Crippen LogP contribution >= 0.6 is 24.0 Å². The van der Waals surface area contributed by atoms with Crippen LogP contribution in [0.15, 0.2) is 35.3 Å². The minimum atomic E-state index is -0.479. The lowest BCUT2D eigenvalue weighted by atomic mass is 10.1. The zero-order valence-electron chi connectivity index (χ0n) is 15.3. The molecule has 140 valence electrons. The van der Waals surface area contributed by atoms with E-state index in [0.29, 0.717) is 25.0 Å². The molecule has 0 spiro atoms. The summed E-state index contributed by atoms with van der Waals surface area (Å²) in [5.74, 6) is 1.30. The van der Waals surface area contributed by atoms with Gasteiger partial charge in [0.15, 0.2) is 5.96 Å². The number of halogens is 1. The Morgan fingerprint density at radius 3 is 2.44 bits per heavy atom. The van der Waals surface area contributed by atoms with E-state index in [1.54, 1.807) is 7.05 Å². The lowest BCUT2D eigenvalue weighted by molar-refractivity contribution is 0.0529. The maximum Gasteiger partial charge on any atom is 0.407 e. The van der Waals surface area contributed by atoms with Crippen molar-refractivity contribution in [1.29, 1.82) is 0 Å². The van der Waals surface area contributed by atoms with E-state index in [1.165, 1.54) is 5.56 Å². The van der Waals surface area contributed by atoms with Crippen molar-refractivity contribution < 1.29 is 9.53 Å². The molecule has 6 nitrogen and oxygen atoms in total. The van der Waals surface area contributed by atoms with Gasteiger partial charge in [0.25, 0.3) is 0 Å². The fourth-order valence-corrected chi connectivity index (χ4v) is 2.45. The van der Waals surface area contributed by atoms with Gasteiger partial charge in [0, 0.05) is 32.1 Å². The SMILES string of the molecule is CN=C(NCCNC(=O)OC(C)(C)C)NC1CC1c1ccccc1.I. The second-order valence-electron chi connectivity index (χ2n) is 6.93. The number of ether oxygens (including phenoxy) is 1. The zero-order valence-corrected chi connectivity index (χ0v) is 17.7. The Balaban J connectivity index is 0.00000312. The molecule has 3 N–H and O–H groups in total. The van der Waals surface area contributed by atoms with Crippen LogP contribution in [0.25, 0.3) is 0 Å². The van der Waals surface area contributed by atoms with Crippen LogP contribution in [0.1, 0.15) is 38.7 Å². The van der Waals surface area contributed by atoms with E-state index in [1.807, 2.05) is 26.8 Å². The lowest BCUT2D eigenvalue weighted by Gasteiger charge is -2.20. The molecular weight excluding hydrogens is 431 g/mol. The third kappa shape index (κ3) is 7.94. The summed E-state index contributed by atoms with van der Waals surface area (Å²) in [4.78, 5) is 15.8. The molecule has 2 unspecified atom stereocenters. The molecule has 2 rings (SSSR count). The molecule has 1 amide bonds. The van der Waals surface area contributed by atoms with Crippen LogP contribution in [0.3, 0.4) is 0 Å². The van der Waals surface area contributed by atoms with E-state index in [-0.39, 0.29) is 24.0 Å². The summed E-state index contributed by atoms with van der Waals surface area (Å²) in [6, 6.07) is 10.9. The van der Waals surface area contributed by atoms with Gasteiger partial charge in [0.1, 0.15) is 5.60 Å². The van der Waals surface area contributed by atoms with Gasteiger partial charge in [-0.15, -0.1) is 24.0 Å². The van der Waals surface area contributed by atoms with E-state index < -0.39 is 11.7 Å². The van der Waals surface area contributed by atoms with Gasteiger partial charge in [-0.3, -0.25) is 4.99 Å². The van der Waals surface area contributed by atoms with Crippen molar-refractivity contribution in [3.63, 3.8) is 0 Å². The number of amides is 1. The summed E-state index contributed by atoms with van der Waals surface area (Å²) < 4.78 is 5.19. The van der Waals surface area contributed by atoms with Crippen molar-refractivity contribution in [2.24, 2.45) is 4.99 Å². The predicted molar refractivity (Wildman–Crippen MR) is 112 cm³/mol. The van der Waals surface area contributed by atoms with Crippen molar-refractivity contribution in [3.05, 3.63) is 35.9 Å². The van der Waals surface area contributed by atoms with E-state index >= 15 is 0 Å². The van der Waals surface area contributed by atoms with Crippen molar-refractivity contribution >= 4 is 36.0 Å². The molecule has 1 aliphatic rings. The quantitative estimate of drug-likeness (QED) is 0.274. The largest absolute Gasteiger partial charge is 0.444 e. The monoisotopic (exact) mass is 460 g/mol. The Morgan fingerprint density at radius 2 is 1.84 bits per heavy atom. The number of hydrogen-bond donors (Lipinski definition) is 3. The van der Waals surface area contributed by atoms with Crippen LogP contribution < -0.4 is 16.0 Å². The molecule has 7 heteroatoms. The van der Waals surface area contributed by atoms with Gasteiger partial charge >= 0.3 is 6.09 Å². The van der Waals surface area contributed by atoms with Crippen LogP contribution in [-0.2, 0) is 4.74 Å². The number of alkyl carbamates (subject to hydrolysis) is 1. The van der Waals surface area contributed by atoms with E-state index in [4.69, 9.17) is 4.74 Å². The summed E-state index contributed by atoms with van der Waals surface area (Å²) >= 11 is 0. The topological polar surface area (TPSA) is 74.8 Å². The minimum Gasteiger partial charge on any atom is -0.444 e. The van der Waals surface area contributed by atoms with Crippen LogP contribution in [0.5, 0.6) is 0 Å². The molecule has 1 saturated carbocycles. The van der Waals surface area contributed by atoms with E-state index in [0.717, 1.165) is 12.4 Å². The van der Waals surface area contributed by atoms with Crippen molar-refractivity contribution in [2.75, 3.05) is 20.1 Å². The first-order valence-corrected chi connectivity index (χ1v) is 8.38. The number of guanidine groups is 1. The number of carbonyl (C=O) groups is 1. The molecule has 0 saturated heterocycles. The lowest BCUT2D eigenvalue weighted by Crippen LogP contribution is -2.43. The first kappa shape index (κ1) is 21.5. The summed E-state index contributed by atoms with van der Waals surface area (Å²) in [7, 11) is 1.75. The first-order valence-electron chi connectivity index (χ1n) is 8.38. The number of nitrogens with zero attached hydrogens (tertiary/aromatic N) is 1. The third-order valence-electron chi connectivity index (χ3n) is 3.65. The van der Waals surface area contributed by atoms with Gasteiger partial charge in [-0.05, 0) is 32.8 Å². The van der Waals surface area contributed by atoms with Gasteiger partial charge in [0.2, 0.25) is 0 Å². The Hall–Kier alpha value is -1.51. The molecule has 1 aromatic rings. The molecule has 0 aliphatic heterocycles. The van der Waals surface area contributed by atoms with Crippen molar-refractivity contribution in [3.8, 4) is 0 Å². The summed E-state index contributed by atoms with van der Waals surface area (Å²) in [6.07, 6.45) is 0.708. The highest BCUT2D eigenvalue weighted by Crippen LogP contribution is 2.40. The van der Waals surface area contributed by atoms with Crippen molar-refractivity contribution in [2.45, 2.75) is 44.8 Å². The first-order chi connectivity index (χ1) is 11.4. The predicted octanol–water partition coefficient (Wildman–Crippen LogP) is 2.85. The molecule has 0 heterocycles. The smallest absolute Gasteiger partial charge is 0.407 e. The number of rotatable bonds is 5. The Bertz CT molecular complexity index is 572. The number of nitrogens with one attached hydrogen (secondary N) is 3. The van der Waals surface area contributed by atoms with Gasteiger partial charge in [-0.25, -0.2) is 4.79 Å². The van der Waals surface area contributed by atoms with Crippen LogP contribution in [0.4, 0.5) is 4.79 Å². The standard InChI is InChI=1S/C18H28N4O2.HI/c1-18(2,3)24-17(23)21-11-10-20-16(19-4)22-15-12-14(15)13-8-6-5-7-9-13;/h5-9,14-15H,10-12H2,1-4H3,(H,21,23)(H2,19,20,22);1H. The van der Waals surface area contributed by atoms with Crippen LogP contribution in [0.2, 0.25) is 0 Å². The maximum absolute atomic E-state index is 11.6. The van der Waals surface area contributed by atoms with Gasteiger partial charge in [-0.2, -0.15) is 0 Å². The highest BCUT2D eigenvalue weighted by atomic mass is 127. The second-order valence-corrected chi connectivity index (χ2v) is 6.93. The zero-order chi connectivity index (χ0) is 17.6. The average molecular weight is 460 g/mol. The van der Waals surface area contributed by atoms with E-state index in [2.05, 4.69) is 45.2 Å². The van der Waals surface area contributed by atoms with Gasteiger partial charge in [0.05, 0.1) is 0 Å². The Kier molecular flexibility index (Phi) is 8.47. The molecule has 0 radical (unpaired) electrons. The maximum atomic E-state index is 11.6. The molecular formula is C18H29IN4O2. The van der Waals surface area contributed by atoms with Crippen LogP contribution in [0, 0.1) is 0 Å². The molecule has 25 heavy (non-hydrogen) atoms. The highest BCUT2D eigenvalue weighted by Gasteiger charge is 2.38. The second kappa shape index (κ2) is 9.84.